The summed E-state index contributed by atoms with van der Waals surface area (Å²) in [5.74, 6) is 1.38. The first-order valence-electron chi connectivity index (χ1n) is 6.02. The van der Waals surface area contributed by atoms with Gasteiger partial charge in [0.1, 0.15) is 0 Å². The molecule has 1 aromatic carbocycles. The fraction of sp³-hybridized carbons (Fsp3) is 0.333. The molecule has 0 spiro atoms. The van der Waals surface area contributed by atoms with E-state index in [-0.39, 0.29) is 0 Å². The Morgan fingerprint density at radius 2 is 1.90 bits per heavy atom. The number of benzene rings is 1. The minimum Gasteiger partial charge on any atom is -0.467 e. The molecule has 0 saturated heterocycles. The molecule has 0 fully saturated rings. The smallest absolute Gasteiger partial charge is 0.331 e. The van der Waals surface area contributed by atoms with Crippen molar-refractivity contribution in [3.8, 4) is 12.3 Å². The summed E-state index contributed by atoms with van der Waals surface area (Å²) in [7, 11) is 2.64. The third-order valence-electron chi connectivity index (χ3n) is 2.94. The van der Waals surface area contributed by atoms with Gasteiger partial charge in [0.25, 0.3) is 5.91 Å². The van der Waals surface area contributed by atoms with Crippen LogP contribution in [0, 0.1) is 12.3 Å². The van der Waals surface area contributed by atoms with Gasteiger partial charge in [0.15, 0.2) is 6.04 Å². The third-order valence-corrected chi connectivity index (χ3v) is 2.94. The van der Waals surface area contributed by atoms with Crippen molar-refractivity contribution in [2.24, 2.45) is 0 Å². The quantitative estimate of drug-likeness (QED) is 0.647. The van der Waals surface area contributed by atoms with Gasteiger partial charge in [-0.2, -0.15) is 0 Å². The highest BCUT2D eigenvalue weighted by atomic mass is 16.5. The SMILES string of the molecule is C#Cc1ccc(C(=O)N(C)C(C(=O)OC)C(C)O)cc1. The highest BCUT2D eigenvalue weighted by Crippen LogP contribution is 2.12. The molecule has 2 atom stereocenters. The zero-order valence-corrected chi connectivity index (χ0v) is 11.7. The summed E-state index contributed by atoms with van der Waals surface area (Å²) in [6.07, 6.45) is 4.20. The highest BCUT2D eigenvalue weighted by molar-refractivity contribution is 5.96. The van der Waals surface area contributed by atoms with Crippen LogP contribution in [0.4, 0.5) is 0 Å². The lowest BCUT2D eigenvalue weighted by Gasteiger charge is -2.28. The Kier molecular flexibility index (Phi) is 5.30. The van der Waals surface area contributed by atoms with E-state index in [9.17, 15) is 14.7 Å². The predicted octanol–water partition coefficient (Wildman–Crippen LogP) is 0.662. The number of aliphatic hydroxyl groups is 1. The molecule has 0 aromatic heterocycles. The molecule has 0 aliphatic rings. The Balaban J connectivity index is 2.99. The Hall–Kier alpha value is -2.32. The first-order chi connectivity index (χ1) is 9.42. The summed E-state index contributed by atoms with van der Waals surface area (Å²) in [5.41, 5.74) is 1.03. The largest absolute Gasteiger partial charge is 0.467 e. The van der Waals surface area contributed by atoms with E-state index in [1.807, 2.05) is 0 Å². The van der Waals surface area contributed by atoms with Crippen LogP contribution in [0.3, 0.4) is 0 Å². The number of nitrogens with zero attached hydrogens (tertiary/aromatic N) is 1. The maximum absolute atomic E-state index is 12.3. The average molecular weight is 275 g/mol. The number of hydrogen-bond acceptors (Lipinski definition) is 4. The van der Waals surface area contributed by atoms with Crippen LogP contribution in [0.15, 0.2) is 24.3 Å². The van der Waals surface area contributed by atoms with E-state index in [4.69, 9.17) is 6.42 Å². The topological polar surface area (TPSA) is 66.8 Å². The van der Waals surface area contributed by atoms with Crippen LogP contribution in [0.5, 0.6) is 0 Å². The molecule has 0 aliphatic carbocycles. The molecule has 0 radical (unpaired) electrons. The van der Waals surface area contributed by atoms with Gasteiger partial charge in [-0.3, -0.25) is 4.79 Å². The summed E-state index contributed by atoms with van der Waals surface area (Å²) in [6.45, 7) is 1.42. The van der Waals surface area contributed by atoms with E-state index in [2.05, 4.69) is 10.7 Å². The normalized spacial score (nSPS) is 12.9. The molecule has 1 rings (SSSR count). The summed E-state index contributed by atoms with van der Waals surface area (Å²) >= 11 is 0. The van der Waals surface area contributed by atoms with Crippen LogP contribution in [0.2, 0.25) is 0 Å². The van der Waals surface area contributed by atoms with Crippen LogP contribution in [-0.2, 0) is 9.53 Å². The van der Waals surface area contributed by atoms with Crippen LogP contribution in [0.1, 0.15) is 22.8 Å². The lowest BCUT2D eigenvalue weighted by atomic mass is 10.1. The van der Waals surface area contributed by atoms with Gasteiger partial charge in [0.05, 0.1) is 13.2 Å². The number of aliphatic hydroxyl groups excluding tert-OH is 1. The fourth-order valence-electron chi connectivity index (χ4n) is 1.84. The number of ether oxygens (including phenoxy) is 1. The Morgan fingerprint density at radius 3 is 2.30 bits per heavy atom. The van der Waals surface area contributed by atoms with Crippen molar-refractivity contribution in [2.75, 3.05) is 14.2 Å². The molecule has 1 aromatic rings. The summed E-state index contributed by atoms with van der Waals surface area (Å²) in [4.78, 5) is 25.0. The molecule has 2 unspecified atom stereocenters. The lowest BCUT2D eigenvalue weighted by molar-refractivity contribution is -0.149. The van der Waals surface area contributed by atoms with E-state index in [1.165, 1.54) is 21.1 Å². The van der Waals surface area contributed by atoms with Crippen LogP contribution < -0.4 is 0 Å². The number of amides is 1. The van der Waals surface area contributed by atoms with Crippen molar-refractivity contribution in [2.45, 2.75) is 19.1 Å². The molecule has 0 bridgehead atoms. The molecule has 1 N–H and O–H groups in total. The third kappa shape index (κ3) is 3.37. The molecule has 5 heteroatoms. The maximum Gasteiger partial charge on any atom is 0.331 e. The van der Waals surface area contributed by atoms with Gasteiger partial charge >= 0.3 is 5.97 Å². The second-order valence-electron chi connectivity index (χ2n) is 4.35. The monoisotopic (exact) mass is 275 g/mol. The van der Waals surface area contributed by atoms with Gasteiger partial charge in [-0.05, 0) is 31.2 Å². The van der Waals surface area contributed by atoms with E-state index >= 15 is 0 Å². The van der Waals surface area contributed by atoms with Crippen LogP contribution >= 0.6 is 0 Å². The number of esters is 1. The van der Waals surface area contributed by atoms with Crippen molar-refractivity contribution in [3.05, 3.63) is 35.4 Å². The van der Waals surface area contributed by atoms with E-state index < -0.39 is 24.0 Å². The van der Waals surface area contributed by atoms with Crippen molar-refractivity contribution in [3.63, 3.8) is 0 Å². The number of rotatable bonds is 4. The van der Waals surface area contributed by atoms with Crippen LogP contribution in [0.25, 0.3) is 0 Å². The molecule has 0 saturated carbocycles. The molecule has 0 heterocycles. The van der Waals surface area contributed by atoms with Crippen molar-refractivity contribution in [1.82, 2.24) is 4.90 Å². The molecular weight excluding hydrogens is 258 g/mol. The molecule has 1 amide bonds. The van der Waals surface area contributed by atoms with E-state index in [1.54, 1.807) is 24.3 Å². The van der Waals surface area contributed by atoms with Gasteiger partial charge < -0.3 is 14.7 Å². The minimum atomic E-state index is -1.06. The number of carbonyl (C=O) groups is 2. The van der Waals surface area contributed by atoms with Gasteiger partial charge in [-0.25, -0.2) is 4.79 Å². The first kappa shape index (κ1) is 15.7. The Bertz CT molecular complexity index is 528. The second-order valence-corrected chi connectivity index (χ2v) is 4.35. The molecular formula is C15H17NO4. The predicted molar refractivity (Wildman–Crippen MR) is 74.0 cm³/mol. The van der Waals surface area contributed by atoms with E-state index in [0.29, 0.717) is 11.1 Å². The zero-order chi connectivity index (χ0) is 15.3. The van der Waals surface area contributed by atoms with Gasteiger partial charge in [-0.1, -0.05) is 5.92 Å². The van der Waals surface area contributed by atoms with Gasteiger partial charge in [-0.15, -0.1) is 6.42 Å². The van der Waals surface area contributed by atoms with Gasteiger partial charge in [0.2, 0.25) is 0 Å². The number of hydrogen-bond donors (Lipinski definition) is 1. The molecule has 5 nitrogen and oxygen atoms in total. The first-order valence-corrected chi connectivity index (χ1v) is 6.02. The number of carbonyl (C=O) groups excluding carboxylic acids is 2. The average Bonchev–Trinajstić information content (AvgIpc) is 2.46. The minimum absolute atomic E-state index is 0.376. The fourth-order valence-corrected chi connectivity index (χ4v) is 1.84. The Morgan fingerprint density at radius 1 is 1.35 bits per heavy atom. The second kappa shape index (κ2) is 6.73. The maximum atomic E-state index is 12.3. The molecule has 20 heavy (non-hydrogen) atoms. The summed E-state index contributed by atoms with van der Waals surface area (Å²) in [5, 5.41) is 9.64. The number of terminal acetylenes is 1. The standard InChI is InChI=1S/C15H17NO4/c1-5-11-6-8-12(9-7-11)14(18)16(3)13(10(2)17)15(19)20-4/h1,6-10,13,17H,2-4H3. The van der Waals surface area contributed by atoms with Crippen molar-refractivity contribution < 1.29 is 19.4 Å². The Labute approximate surface area is 118 Å². The highest BCUT2D eigenvalue weighted by Gasteiger charge is 2.32. The van der Waals surface area contributed by atoms with Crippen molar-refractivity contribution >= 4 is 11.9 Å². The van der Waals surface area contributed by atoms with Gasteiger partial charge in [0, 0.05) is 18.2 Å². The van der Waals surface area contributed by atoms with Crippen LogP contribution in [-0.4, -0.2) is 48.2 Å². The van der Waals surface area contributed by atoms with E-state index in [0.717, 1.165) is 4.90 Å². The summed E-state index contributed by atoms with van der Waals surface area (Å²) < 4.78 is 4.60. The number of likely N-dealkylation sites (N-methyl/N-ethyl adjacent to an activating group) is 1. The lowest BCUT2D eigenvalue weighted by Crippen LogP contribution is -2.49. The molecule has 0 aliphatic heterocycles. The number of methoxy groups -OCH3 is 1. The summed E-state index contributed by atoms with van der Waals surface area (Å²) in [6, 6.07) is 5.36. The zero-order valence-electron chi connectivity index (χ0n) is 11.7. The molecule has 106 valence electrons. The van der Waals surface area contributed by atoms with Crippen molar-refractivity contribution in [1.29, 1.82) is 0 Å².